The fourth-order valence-electron chi connectivity index (χ4n) is 4.31. The Morgan fingerprint density at radius 1 is 1.36 bits per heavy atom. The third kappa shape index (κ3) is 3.97. The number of benzene rings is 1. The summed E-state index contributed by atoms with van der Waals surface area (Å²) >= 11 is 0. The molecule has 1 unspecified atom stereocenters. The Bertz CT molecular complexity index is 619. The first kappa shape index (κ1) is 17.8. The molecule has 1 aromatic rings. The van der Waals surface area contributed by atoms with Crippen LogP contribution in [-0.2, 0) is 0 Å². The fraction of sp³-hybridized carbons (Fsp3) is 0.600. The van der Waals surface area contributed by atoms with E-state index in [2.05, 4.69) is 11.8 Å². The van der Waals surface area contributed by atoms with Crippen molar-refractivity contribution in [3.05, 3.63) is 41.4 Å². The highest BCUT2D eigenvalue weighted by Gasteiger charge is 2.41. The quantitative estimate of drug-likeness (QED) is 0.630. The summed E-state index contributed by atoms with van der Waals surface area (Å²) in [5.74, 6) is 3.06. The van der Waals surface area contributed by atoms with E-state index in [0.29, 0.717) is 18.6 Å². The number of nitrogens with zero attached hydrogens (tertiary/aromatic N) is 2. The van der Waals surface area contributed by atoms with Crippen LogP contribution in [-0.4, -0.2) is 38.3 Å². The standard InChI is InChI=1S/C20H28N2O3/c1-4-22(2)13-17(12-21-23)15-7-8-18(24-3)20(11-15)25-19-10-14-5-6-16(19)9-14/h4,7-8,11,14,16-17,19H,1,5-6,9-10,12-13H2,2-3H3/t14-,16+,17?,19+/m1/s1. The van der Waals surface area contributed by atoms with Crippen molar-refractivity contribution in [2.75, 3.05) is 27.2 Å². The lowest BCUT2D eigenvalue weighted by molar-refractivity contribution is 0.133. The number of nitroso groups, excluding NO2 is 1. The van der Waals surface area contributed by atoms with Gasteiger partial charge in [-0.15, -0.1) is 0 Å². The molecule has 25 heavy (non-hydrogen) atoms. The van der Waals surface area contributed by atoms with Crippen LogP contribution in [0.1, 0.15) is 37.2 Å². The summed E-state index contributed by atoms with van der Waals surface area (Å²) in [5.41, 5.74) is 1.05. The van der Waals surface area contributed by atoms with Crippen LogP contribution in [0, 0.1) is 16.7 Å². The average molecular weight is 344 g/mol. The average Bonchev–Trinajstić information content (AvgIpc) is 3.24. The summed E-state index contributed by atoms with van der Waals surface area (Å²) in [6.45, 7) is 4.70. The van der Waals surface area contributed by atoms with Crippen LogP contribution < -0.4 is 9.47 Å². The predicted octanol–water partition coefficient (Wildman–Crippen LogP) is 4.19. The Labute approximate surface area is 150 Å². The first-order valence-corrected chi connectivity index (χ1v) is 9.11. The second-order valence-corrected chi connectivity index (χ2v) is 7.37. The van der Waals surface area contributed by atoms with Gasteiger partial charge in [-0.25, -0.2) is 0 Å². The maximum atomic E-state index is 10.9. The number of hydrogen-bond acceptors (Lipinski definition) is 5. The summed E-state index contributed by atoms with van der Waals surface area (Å²) in [4.78, 5) is 12.9. The minimum absolute atomic E-state index is 0.00813. The third-order valence-corrected chi connectivity index (χ3v) is 5.73. The van der Waals surface area contributed by atoms with Crippen LogP contribution in [0.3, 0.4) is 0 Å². The first-order chi connectivity index (χ1) is 12.1. The number of fused-ring (bicyclic) bond motifs is 2. The molecular formula is C20H28N2O3. The van der Waals surface area contributed by atoms with Gasteiger partial charge in [0.1, 0.15) is 6.10 Å². The molecule has 0 aliphatic heterocycles. The fourth-order valence-corrected chi connectivity index (χ4v) is 4.31. The first-order valence-electron chi connectivity index (χ1n) is 9.11. The second kappa shape index (κ2) is 7.89. The van der Waals surface area contributed by atoms with Gasteiger partial charge >= 0.3 is 0 Å². The van der Waals surface area contributed by atoms with Gasteiger partial charge in [0.05, 0.1) is 13.7 Å². The molecule has 136 valence electrons. The van der Waals surface area contributed by atoms with Gasteiger partial charge in [0, 0.05) is 19.5 Å². The lowest BCUT2D eigenvalue weighted by Gasteiger charge is -2.26. The lowest BCUT2D eigenvalue weighted by atomic mass is 9.96. The van der Waals surface area contributed by atoms with Gasteiger partial charge in [-0.1, -0.05) is 17.8 Å². The van der Waals surface area contributed by atoms with Crippen molar-refractivity contribution >= 4 is 0 Å². The van der Waals surface area contributed by atoms with Crippen LogP contribution in [0.4, 0.5) is 0 Å². The minimum Gasteiger partial charge on any atom is -0.493 e. The summed E-state index contributed by atoms with van der Waals surface area (Å²) in [5, 5.41) is 3.12. The minimum atomic E-state index is 0.00813. The van der Waals surface area contributed by atoms with Crippen LogP contribution >= 0.6 is 0 Å². The van der Waals surface area contributed by atoms with Gasteiger partial charge < -0.3 is 14.4 Å². The zero-order valence-corrected chi connectivity index (χ0v) is 15.2. The summed E-state index contributed by atoms with van der Waals surface area (Å²) < 4.78 is 11.9. The largest absolute Gasteiger partial charge is 0.493 e. The molecule has 0 aromatic heterocycles. The van der Waals surface area contributed by atoms with Gasteiger partial charge in [-0.05, 0) is 61.4 Å². The van der Waals surface area contributed by atoms with Crippen LogP contribution in [0.5, 0.6) is 11.5 Å². The molecule has 0 N–H and O–H groups in total. The summed E-state index contributed by atoms with van der Waals surface area (Å²) in [7, 11) is 3.61. The Hall–Kier alpha value is -2.04. The summed E-state index contributed by atoms with van der Waals surface area (Å²) in [6, 6.07) is 5.96. The molecule has 2 aliphatic carbocycles. The highest BCUT2D eigenvalue weighted by Crippen LogP contribution is 2.47. The van der Waals surface area contributed by atoms with E-state index >= 15 is 0 Å². The van der Waals surface area contributed by atoms with Gasteiger partial charge in [0.25, 0.3) is 0 Å². The number of hydrogen-bond donors (Lipinski definition) is 0. The molecule has 4 atom stereocenters. The zero-order chi connectivity index (χ0) is 17.8. The van der Waals surface area contributed by atoms with E-state index in [1.165, 1.54) is 19.3 Å². The highest BCUT2D eigenvalue weighted by molar-refractivity contribution is 5.44. The second-order valence-electron chi connectivity index (χ2n) is 7.37. The highest BCUT2D eigenvalue weighted by atomic mass is 16.5. The van der Waals surface area contributed by atoms with Crippen LogP contribution in [0.2, 0.25) is 0 Å². The molecule has 2 aliphatic rings. The molecule has 0 amide bonds. The SMILES string of the molecule is C=CN(C)CC(CN=O)c1ccc(OC)c(O[C@H]2C[C@@H]3CC[C@H]2C3)c1. The normalized spacial score (nSPS) is 25.4. The third-order valence-electron chi connectivity index (χ3n) is 5.73. The number of ether oxygens (including phenoxy) is 2. The summed E-state index contributed by atoms with van der Waals surface area (Å²) in [6.07, 6.45) is 7.13. The molecule has 5 heteroatoms. The van der Waals surface area contributed by atoms with E-state index in [-0.39, 0.29) is 12.5 Å². The lowest BCUT2D eigenvalue weighted by Crippen LogP contribution is -2.24. The van der Waals surface area contributed by atoms with E-state index in [9.17, 15) is 4.91 Å². The Balaban J connectivity index is 1.80. The van der Waals surface area contributed by atoms with Crippen molar-refractivity contribution in [3.8, 4) is 11.5 Å². The molecule has 2 saturated carbocycles. The van der Waals surface area contributed by atoms with Gasteiger partial charge in [-0.3, -0.25) is 0 Å². The van der Waals surface area contributed by atoms with E-state index in [4.69, 9.17) is 9.47 Å². The molecule has 0 saturated heterocycles. The molecule has 2 fully saturated rings. The molecule has 5 nitrogen and oxygen atoms in total. The molecular weight excluding hydrogens is 316 g/mol. The predicted molar refractivity (Wildman–Crippen MR) is 99.1 cm³/mol. The number of rotatable bonds is 9. The maximum absolute atomic E-state index is 10.9. The Kier molecular flexibility index (Phi) is 5.61. The van der Waals surface area contributed by atoms with Gasteiger partial charge in [-0.2, -0.15) is 4.91 Å². The Morgan fingerprint density at radius 2 is 2.20 bits per heavy atom. The maximum Gasteiger partial charge on any atom is 0.161 e. The molecule has 3 rings (SSSR count). The monoisotopic (exact) mass is 344 g/mol. The van der Waals surface area contributed by atoms with Gasteiger partial charge in [0.2, 0.25) is 0 Å². The smallest absolute Gasteiger partial charge is 0.161 e. The van der Waals surface area contributed by atoms with Crippen LogP contribution in [0.25, 0.3) is 0 Å². The Morgan fingerprint density at radius 3 is 2.80 bits per heavy atom. The molecule has 2 bridgehead atoms. The zero-order valence-electron chi connectivity index (χ0n) is 15.2. The van der Waals surface area contributed by atoms with Crippen molar-refractivity contribution < 1.29 is 9.47 Å². The van der Waals surface area contributed by atoms with E-state index < -0.39 is 0 Å². The van der Waals surface area contributed by atoms with Crippen molar-refractivity contribution in [3.63, 3.8) is 0 Å². The molecule has 0 radical (unpaired) electrons. The van der Waals surface area contributed by atoms with Crippen molar-refractivity contribution in [2.45, 2.75) is 37.7 Å². The van der Waals surface area contributed by atoms with Gasteiger partial charge in [0.15, 0.2) is 11.5 Å². The van der Waals surface area contributed by atoms with Crippen LogP contribution in [0.15, 0.2) is 36.2 Å². The number of likely N-dealkylation sites (N-methyl/N-ethyl adjacent to an activating group) is 1. The van der Waals surface area contributed by atoms with Crippen molar-refractivity contribution in [2.24, 2.45) is 17.0 Å². The molecule has 1 aromatic carbocycles. The van der Waals surface area contributed by atoms with Crippen molar-refractivity contribution in [1.82, 2.24) is 4.90 Å². The van der Waals surface area contributed by atoms with E-state index in [1.54, 1.807) is 13.3 Å². The van der Waals surface area contributed by atoms with E-state index in [1.807, 2.05) is 30.1 Å². The van der Waals surface area contributed by atoms with Crippen molar-refractivity contribution in [1.29, 1.82) is 0 Å². The molecule has 0 spiro atoms. The number of methoxy groups -OCH3 is 1. The topological polar surface area (TPSA) is 51.1 Å². The molecule has 0 heterocycles. The van der Waals surface area contributed by atoms with E-state index in [0.717, 1.165) is 29.4 Å².